The van der Waals surface area contributed by atoms with Crippen LogP contribution in [0.25, 0.3) is 6.08 Å². The normalized spacial score (nSPS) is 14.1. The van der Waals surface area contributed by atoms with Gasteiger partial charge in [0.05, 0.1) is 7.11 Å². The van der Waals surface area contributed by atoms with Gasteiger partial charge < -0.3 is 19.3 Å². The standard InChI is InChI=1S/C20H21FN4O4/c1-28-17-5-3-15(13-16(17)21)4-6-19(27)29-14-18(26)24-9-11-25(12-10-24)20-22-7-2-8-23-20/h2-8,13H,9-12,14H2,1H3/b6-4+. The van der Waals surface area contributed by atoms with Crippen molar-refractivity contribution < 1.29 is 23.5 Å². The topological polar surface area (TPSA) is 84.9 Å². The molecule has 1 aliphatic rings. The van der Waals surface area contributed by atoms with Gasteiger partial charge in [-0.05, 0) is 29.8 Å². The van der Waals surface area contributed by atoms with E-state index in [4.69, 9.17) is 9.47 Å². The van der Waals surface area contributed by atoms with Gasteiger partial charge in [-0.25, -0.2) is 19.2 Å². The van der Waals surface area contributed by atoms with Crippen LogP contribution in [0, 0.1) is 5.82 Å². The number of hydrogen-bond donors (Lipinski definition) is 0. The number of nitrogens with zero attached hydrogens (tertiary/aromatic N) is 4. The van der Waals surface area contributed by atoms with E-state index < -0.39 is 11.8 Å². The van der Waals surface area contributed by atoms with Gasteiger partial charge in [0, 0.05) is 44.6 Å². The number of amides is 1. The molecule has 2 heterocycles. The molecule has 0 N–H and O–H groups in total. The zero-order chi connectivity index (χ0) is 20.6. The van der Waals surface area contributed by atoms with E-state index >= 15 is 0 Å². The van der Waals surface area contributed by atoms with Crippen LogP contribution in [0.1, 0.15) is 5.56 Å². The van der Waals surface area contributed by atoms with Crippen LogP contribution in [0.4, 0.5) is 10.3 Å². The minimum Gasteiger partial charge on any atom is -0.494 e. The highest BCUT2D eigenvalue weighted by molar-refractivity contribution is 5.89. The van der Waals surface area contributed by atoms with Gasteiger partial charge >= 0.3 is 5.97 Å². The summed E-state index contributed by atoms with van der Waals surface area (Å²) in [5.41, 5.74) is 0.478. The molecule has 29 heavy (non-hydrogen) atoms. The average Bonchev–Trinajstić information content (AvgIpc) is 2.77. The lowest BCUT2D eigenvalue weighted by atomic mass is 10.2. The van der Waals surface area contributed by atoms with Gasteiger partial charge in [-0.1, -0.05) is 6.07 Å². The van der Waals surface area contributed by atoms with Crippen LogP contribution >= 0.6 is 0 Å². The Bertz CT molecular complexity index is 883. The van der Waals surface area contributed by atoms with Crippen molar-refractivity contribution in [2.75, 3.05) is 44.8 Å². The Morgan fingerprint density at radius 1 is 1.17 bits per heavy atom. The molecule has 1 aromatic carbocycles. The predicted molar refractivity (Wildman–Crippen MR) is 104 cm³/mol. The first-order valence-corrected chi connectivity index (χ1v) is 9.05. The lowest BCUT2D eigenvalue weighted by Crippen LogP contribution is -2.50. The molecule has 8 nitrogen and oxygen atoms in total. The van der Waals surface area contributed by atoms with Crippen LogP contribution in [0.3, 0.4) is 0 Å². The quantitative estimate of drug-likeness (QED) is 0.537. The molecule has 3 rings (SSSR count). The summed E-state index contributed by atoms with van der Waals surface area (Å²) < 4.78 is 23.5. The zero-order valence-electron chi connectivity index (χ0n) is 16.0. The second-order valence-electron chi connectivity index (χ2n) is 6.25. The van der Waals surface area contributed by atoms with Crippen LogP contribution in [-0.2, 0) is 14.3 Å². The lowest BCUT2D eigenvalue weighted by Gasteiger charge is -2.34. The van der Waals surface area contributed by atoms with Crippen LogP contribution < -0.4 is 9.64 Å². The first-order valence-electron chi connectivity index (χ1n) is 9.05. The second-order valence-corrected chi connectivity index (χ2v) is 6.25. The Kier molecular flexibility index (Phi) is 6.72. The third-order valence-electron chi connectivity index (χ3n) is 4.39. The maximum absolute atomic E-state index is 13.6. The van der Waals surface area contributed by atoms with Gasteiger partial charge in [0.25, 0.3) is 5.91 Å². The van der Waals surface area contributed by atoms with Crippen molar-refractivity contribution in [3.63, 3.8) is 0 Å². The summed E-state index contributed by atoms with van der Waals surface area (Å²) in [6.45, 7) is 1.85. The molecular formula is C20H21FN4O4. The van der Waals surface area contributed by atoms with Crippen LogP contribution in [0.5, 0.6) is 5.75 Å². The first-order chi connectivity index (χ1) is 14.1. The molecular weight excluding hydrogens is 379 g/mol. The number of methoxy groups -OCH3 is 1. The van der Waals surface area contributed by atoms with Crippen molar-refractivity contribution in [1.29, 1.82) is 0 Å². The van der Waals surface area contributed by atoms with E-state index in [0.29, 0.717) is 37.7 Å². The maximum atomic E-state index is 13.6. The fourth-order valence-electron chi connectivity index (χ4n) is 2.83. The molecule has 0 atom stereocenters. The van der Waals surface area contributed by atoms with Gasteiger partial charge in [-0.3, -0.25) is 4.79 Å². The molecule has 2 aromatic rings. The molecule has 1 aliphatic heterocycles. The maximum Gasteiger partial charge on any atom is 0.331 e. The second kappa shape index (κ2) is 9.63. The first kappa shape index (κ1) is 20.2. The summed E-state index contributed by atoms with van der Waals surface area (Å²) in [5, 5.41) is 0. The van der Waals surface area contributed by atoms with Gasteiger partial charge in [0.15, 0.2) is 18.2 Å². The summed E-state index contributed by atoms with van der Waals surface area (Å²) in [4.78, 5) is 36.1. The summed E-state index contributed by atoms with van der Waals surface area (Å²) >= 11 is 0. The Morgan fingerprint density at radius 3 is 2.55 bits per heavy atom. The van der Waals surface area contributed by atoms with E-state index in [1.807, 2.05) is 4.90 Å². The molecule has 0 radical (unpaired) electrons. The summed E-state index contributed by atoms with van der Waals surface area (Å²) in [6.07, 6.45) is 5.91. The van der Waals surface area contributed by atoms with E-state index in [1.54, 1.807) is 29.4 Å². The monoisotopic (exact) mass is 400 g/mol. The number of hydrogen-bond acceptors (Lipinski definition) is 7. The summed E-state index contributed by atoms with van der Waals surface area (Å²) in [7, 11) is 1.37. The number of carbonyl (C=O) groups excluding carboxylic acids is 2. The smallest absolute Gasteiger partial charge is 0.331 e. The number of benzene rings is 1. The molecule has 1 saturated heterocycles. The van der Waals surface area contributed by atoms with Crippen molar-refractivity contribution in [2.45, 2.75) is 0 Å². The van der Waals surface area contributed by atoms with Crippen LogP contribution in [0.2, 0.25) is 0 Å². The lowest BCUT2D eigenvalue weighted by molar-refractivity contribution is -0.148. The highest BCUT2D eigenvalue weighted by Gasteiger charge is 2.22. The molecule has 152 valence electrons. The largest absolute Gasteiger partial charge is 0.494 e. The molecule has 0 bridgehead atoms. The zero-order valence-corrected chi connectivity index (χ0v) is 16.0. The fraction of sp³-hybridized carbons (Fsp3) is 0.300. The number of carbonyl (C=O) groups is 2. The average molecular weight is 400 g/mol. The van der Waals surface area contributed by atoms with Gasteiger partial charge in [0.1, 0.15) is 0 Å². The van der Waals surface area contributed by atoms with E-state index in [9.17, 15) is 14.0 Å². The molecule has 0 saturated carbocycles. The Labute approximate surface area is 167 Å². The minimum absolute atomic E-state index is 0.120. The number of piperazine rings is 1. The van der Waals surface area contributed by atoms with E-state index in [1.165, 1.54) is 25.3 Å². The fourth-order valence-corrected chi connectivity index (χ4v) is 2.83. The molecule has 0 aliphatic carbocycles. The van der Waals surface area contributed by atoms with Crippen molar-refractivity contribution in [1.82, 2.24) is 14.9 Å². The number of ether oxygens (including phenoxy) is 2. The third-order valence-corrected chi connectivity index (χ3v) is 4.39. The van der Waals surface area contributed by atoms with Crippen LogP contribution in [0.15, 0.2) is 42.7 Å². The number of aromatic nitrogens is 2. The molecule has 1 aromatic heterocycles. The van der Waals surface area contributed by atoms with Crippen molar-refractivity contribution in [3.8, 4) is 5.75 Å². The SMILES string of the molecule is COc1ccc(/C=C/C(=O)OCC(=O)N2CCN(c3ncccn3)CC2)cc1F. The van der Waals surface area contributed by atoms with Gasteiger partial charge in [-0.2, -0.15) is 0 Å². The Hall–Kier alpha value is -3.49. The number of anilines is 1. The Balaban J connectivity index is 1.43. The van der Waals surface area contributed by atoms with Crippen LogP contribution in [-0.4, -0.2) is 66.6 Å². The van der Waals surface area contributed by atoms with Crippen molar-refractivity contribution in [3.05, 3.63) is 54.1 Å². The van der Waals surface area contributed by atoms with E-state index in [0.717, 1.165) is 6.08 Å². The van der Waals surface area contributed by atoms with E-state index in [-0.39, 0.29) is 18.3 Å². The summed E-state index contributed by atoms with van der Waals surface area (Å²) in [5.74, 6) is -0.722. The number of esters is 1. The molecule has 0 unspecified atom stereocenters. The van der Waals surface area contributed by atoms with Gasteiger partial charge in [0.2, 0.25) is 5.95 Å². The summed E-state index contributed by atoms with van der Waals surface area (Å²) in [6, 6.07) is 6.05. The number of halogens is 1. The molecule has 0 spiro atoms. The minimum atomic E-state index is -0.675. The van der Waals surface area contributed by atoms with Crippen molar-refractivity contribution in [2.24, 2.45) is 0 Å². The highest BCUT2D eigenvalue weighted by Crippen LogP contribution is 2.18. The number of rotatable bonds is 6. The molecule has 9 heteroatoms. The highest BCUT2D eigenvalue weighted by atomic mass is 19.1. The predicted octanol–water partition coefficient (Wildman–Crippen LogP) is 1.53. The third kappa shape index (κ3) is 5.50. The Morgan fingerprint density at radius 2 is 1.90 bits per heavy atom. The molecule has 1 amide bonds. The van der Waals surface area contributed by atoms with Crippen molar-refractivity contribution >= 4 is 23.9 Å². The van der Waals surface area contributed by atoms with Gasteiger partial charge in [-0.15, -0.1) is 0 Å². The molecule has 1 fully saturated rings. The van der Waals surface area contributed by atoms with E-state index in [2.05, 4.69) is 9.97 Å².